The zero-order valence-electron chi connectivity index (χ0n) is 24.5. The van der Waals surface area contributed by atoms with Gasteiger partial charge in [0.05, 0.1) is 12.1 Å². The fraction of sp³-hybridized carbons (Fsp3) is 0.750. The molecule has 0 aliphatic carbocycles. The second kappa shape index (κ2) is 12.9. The van der Waals surface area contributed by atoms with Crippen LogP contribution in [-0.2, 0) is 28.8 Å². The monoisotopic (exact) mass is 534 g/mol. The van der Waals surface area contributed by atoms with Crippen molar-refractivity contribution >= 4 is 29.6 Å². The molecule has 1 N–H and O–H groups in total. The van der Waals surface area contributed by atoms with E-state index in [0.29, 0.717) is 5.06 Å². The normalized spacial score (nSPS) is 21.1. The third-order valence-electron chi connectivity index (χ3n) is 7.31. The van der Waals surface area contributed by atoms with Gasteiger partial charge in [0.25, 0.3) is 11.8 Å². The number of likely N-dealkylation sites (tertiary alicyclic amines) is 1. The third kappa shape index (κ3) is 7.65. The van der Waals surface area contributed by atoms with E-state index < -0.39 is 35.3 Å². The Hall–Kier alpha value is -2.75. The average molecular weight is 535 g/mol. The standard InChI is InChI=1S/C28H46N4O6/c1-17(2)21(16-19(5)27(37)38-32-22(33)13-14-23(32)34)30(9)26(36)24(28(6,7)8)29-25(35)20-12-10-11-15-31(20)18(3)4/h16-18,20-21,24H,10-15H2,1-9H3,(H,29,35)/b19-16+/t20?,21-,24-/m1/s1. The number of hydrogen-bond acceptors (Lipinski definition) is 7. The molecular weight excluding hydrogens is 488 g/mol. The number of nitrogens with zero attached hydrogens (tertiary/aromatic N) is 3. The van der Waals surface area contributed by atoms with Gasteiger partial charge in [0.15, 0.2) is 0 Å². The lowest BCUT2D eigenvalue weighted by molar-refractivity contribution is -0.194. The van der Waals surface area contributed by atoms with E-state index in [-0.39, 0.29) is 48.2 Å². The van der Waals surface area contributed by atoms with Gasteiger partial charge in [-0.05, 0) is 51.5 Å². The van der Waals surface area contributed by atoms with E-state index in [2.05, 4.69) is 24.1 Å². The number of imide groups is 1. The first-order chi connectivity index (χ1) is 17.6. The van der Waals surface area contributed by atoms with Crippen molar-refractivity contribution < 1.29 is 28.8 Å². The Bertz CT molecular complexity index is 935. The van der Waals surface area contributed by atoms with E-state index in [9.17, 15) is 24.0 Å². The highest BCUT2D eigenvalue weighted by atomic mass is 16.7. The number of amides is 4. The van der Waals surface area contributed by atoms with Crippen LogP contribution in [0.15, 0.2) is 11.6 Å². The predicted molar refractivity (Wildman–Crippen MR) is 143 cm³/mol. The summed E-state index contributed by atoms with van der Waals surface area (Å²) in [6.07, 6.45) is 4.41. The number of hydrogen-bond donors (Lipinski definition) is 1. The summed E-state index contributed by atoms with van der Waals surface area (Å²) in [6.45, 7) is 16.1. The minimum absolute atomic E-state index is 0.0103. The molecule has 3 atom stereocenters. The maximum absolute atomic E-state index is 13.8. The van der Waals surface area contributed by atoms with Crippen LogP contribution in [-0.4, -0.2) is 82.2 Å². The van der Waals surface area contributed by atoms with Gasteiger partial charge < -0.3 is 15.1 Å². The lowest BCUT2D eigenvalue weighted by Gasteiger charge is -2.41. The highest BCUT2D eigenvalue weighted by Crippen LogP contribution is 2.26. The summed E-state index contributed by atoms with van der Waals surface area (Å²) < 4.78 is 0. The Balaban J connectivity index is 2.23. The highest BCUT2D eigenvalue weighted by Gasteiger charge is 2.40. The van der Waals surface area contributed by atoms with Crippen LogP contribution >= 0.6 is 0 Å². The average Bonchev–Trinajstić information content (AvgIpc) is 3.15. The second-order valence-corrected chi connectivity index (χ2v) is 12.1. The van der Waals surface area contributed by atoms with Gasteiger partial charge in [-0.2, -0.15) is 0 Å². The second-order valence-electron chi connectivity index (χ2n) is 12.1. The molecule has 2 fully saturated rings. The number of carbonyl (C=O) groups excluding carboxylic acids is 5. The number of nitrogens with one attached hydrogen (secondary N) is 1. The van der Waals surface area contributed by atoms with E-state index in [0.717, 1.165) is 25.8 Å². The molecular formula is C28H46N4O6. The molecule has 0 spiro atoms. The van der Waals surface area contributed by atoms with Crippen LogP contribution in [0.1, 0.15) is 87.5 Å². The zero-order chi connectivity index (χ0) is 28.9. The molecule has 10 nitrogen and oxygen atoms in total. The van der Waals surface area contributed by atoms with Crippen LogP contribution in [0, 0.1) is 11.3 Å². The predicted octanol–water partition coefficient (Wildman–Crippen LogP) is 2.82. The quantitative estimate of drug-likeness (QED) is 0.357. The zero-order valence-corrected chi connectivity index (χ0v) is 24.5. The molecule has 0 aromatic carbocycles. The molecule has 4 amide bonds. The van der Waals surface area contributed by atoms with Crippen molar-refractivity contribution in [2.75, 3.05) is 13.6 Å². The first-order valence-electron chi connectivity index (χ1n) is 13.7. The molecule has 2 saturated heterocycles. The highest BCUT2D eigenvalue weighted by molar-refractivity contribution is 6.02. The molecule has 0 bridgehead atoms. The van der Waals surface area contributed by atoms with E-state index in [1.807, 2.05) is 34.6 Å². The number of carbonyl (C=O) groups is 5. The molecule has 10 heteroatoms. The first-order valence-corrected chi connectivity index (χ1v) is 13.7. The largest absolute Gasteiger partial charge is 0.359 e. The third-order valence-corrected chi connectivity index (χ3v) is 7.31. The summed E-state index contributed by atoms with van der Waals surface area (Å²) in [7, 11) is 1.65. The van der Waals surface area contributed by atoms with Gasteiger partial charge in [-0.25, -0.2) is 4.79 Å². The fourth-order valence-electron chi connectivity index (χ4n) is 4.98. The Morgan fingerprint density at radius 2 is 1.63 bits per heavy atom. The summed E-state index contributed by atoms with van der Waals surface area (Å²) in [5.74, 6) is -2.42. The van der Waals surface area contributed by atoms with Crippen LogP contribution in [0.25, 0.3) is 0 Å². The van der Waals surface area contributed by atoms with Gasteiger partial charge in [-0.15, -0.1) is 5.06 Å². The van der Waals surface area contributed by atoms with E-state index in [1.54, 1.807) is 18.0 Å². The van der Waals surface area contributed by atoms with Crippen LogP contribution in [0.2, 0.25) is 0 Å². The summed E-state index contributed by atoms with van der Waals surface area (Å²) in [5, 5.41) is 3.56. The molecule has 2 heterocycles. The Morgan fingerprint density at radius 1 is 1.05 bits per heavy atom. The topological polar surface area (TPSA) is 116 Å². The molecule has 2 rings (SSSR count). The number of likely N-dealkylation sites (N-methyl/N-ethyl adjacent to an activating group) is 1. The van der Waals surface area contributed by atoms with Crippen molar-refractivity contribution in [1.29, 1.82) is 0 Å². The molecule has 2 aliphatic heterocycles. The van der Waals surface area contributed by atoms with Crippen molar-refractivity contribution in [3.8, 4) is 0 Å². The van der Waals surface area contributed by atoms with E-state index >= 15 is 0 Å². The van der Waals surface area contributed by atoms with Crippen LogP contribution < -0.4 is 5.32 Å². The molecule has 0 saturated carbocycles. The minimum atomic E-state index is -0.827. The van der Waals surface area contributed by atoms with Crippen molar-refractivity contribution in [1.82, 2.24) is 20.2 Å². The lowest BCUT2D eigenvalue weighted by atomic mass is 9.84. The summed E-state index contributed by atoms with van der Waals surface area (Å²) in [4.78, 5) is 72.3. The lowest BCUT2D eigenvalue weighted by Crippen LogP contribution is -2.60. The molecule has 2 aliphatic rings. The SMILES string of the molecule is C/C(=C\[C@H](C(C)C)N(C)C(=O)[C@@H](NC(=O)C1CCCCN1C(C)C)C(C)(C)C)C(=O)ON1C(=O)CCC1=O. The van der Waals surface area contributed by atoms with Crippen LogP contribution in [0.5, 0.6) is 0 Å². The smallest absolute Gasteiger partial charge is 0.342 e. The summed E-state index contributed by atoms with van der Waals surface area (Å²) in [6, 6.07) is -1.33. The van der Waals surface area contributed by atoms with Gasteiger partial charge >= 0.3 is 5.97 Å². The maximum Gasteiger partial charge on any atom is 0.359 e. The Kier molecular flexibility index (Phi) is 10.7. The number of piperidine rings is 1. The molecule has 1 unspecified atom stereocenters. The maximum atomic E-state index is 13.8. The van der Waals surface area contributed by atoms with Crippen molar-refractivity contribution in [3.05, 3.63) is 11.6 Å². The minimum Gasteiger partial charge on any atom is -0.342 e. The van der Waals surface area contributed by atoms with Gasteiger partial charge in [0.1, 0.15) is 6.04 Å². The van der Waals surface area contributed by atoms with E-state index in [1.165, 1.54) is 6.92 Å². The number of rotatable bonds is 9. The van der Waals surface area contributed by atoms with Crippen molar-refractivity contribution in [3.63, 3.8) is 0 Å². The van der Waals surface area contributed by atoms with E-state index in [4.69, 9.17) is 4.84 Å². The number of hydroxylamine groups is 2. The molecule has 214 valence electrons. The summed E-state index contributed by atoms with van der Waals surface area (Å²) in [5.41, 5.74) is -0.393. The first kappa shape index (κ1) is 31.5. The molecule has 38 heavy (non-hydrogen) atoms. The van der Waals surface area contributed by atoms with Gasteiger partial charge in [-0.1, -0.05) is 47.1 Å². The van der Waals surface area contributed by atoms with Crippen LogP contribution in [0.3, 0.4) is 0 Å². The van der Waals surface area contributed by atoms with Crippen molar-refractivity contribution in [2.24, 2.45) is 11.3 Å². The Labute approximate surface area is 227 Å². The Morgan fingerprint density at radius 3 is 2.13 bits per heavy atom. The van der Waals surface area contributed by atoms with Gasteiger partial charge in [-0.3, -0.25) is 24.1 Å². The molecule has 0 aromatic rings. The van der Waals surface area contributed by atoms with Gasteiger partial charge in [0.2, 0.25) is 11.8 Å². The molecule has 0 radical (unpaired) electrons. The molecule has 0 aromatic heterocycles. The van der Waals surface area contributed by atoms with Crippen LogP contribution in [0.4, 0.5) is 0 Å². The van der Waals surface area contributed by atoms with Gasteiger partial charge in [0, 0.05) is 31.5 Å². The fourth-order valence-corrected chi connectivity index (χ4v) is 4.98. The summed E-state index contributed by atoms with van der Waals surface area (Å²) >= 11 is 0. The van der Waals surface area contributed by atoms with Crippen molar-refractivity contribution in [2.45, 2.75) is 112 Å².